The summed E-state index contributed by atoms with van der Waals surface area (Å²) in [5.74, 6) is 1.05. The topological polar surface area (TPSA) is 36.7 Å². The predicted molar refractivity (Wildman–Crippen MR) is 72.8 cm³/mol. The first kappa shape index (κ1) is 13.6. The Balaban J connectivity index is 2.68. The maximum atomic E-state index is 8.98. The number of hydrogen-bond acceptors (Lipinski definition) is 3. The van der Waals surface area contributed by atoms with E-state index < -0.39 is 8.07 Å². The molecular formula is C11H15ClN2SSi. The largest absolute Gasteiger partial charge is 0.243 e. The Bertz CT molecular complexity index is 409. The fourth-order valence-electron chi connectivity index (χ4n) is 1.11. The molecule has 16 heavy (non-hydrogen) atoms. The van der Waals surface area contributed by atoms with Crippen LogP contribution in [0, 0.1) is 11.3 Å². The van der Waals surface area contributed by atoms with Gasteiger partial charge in [-0.05, 0) is 17.9 Å². The third-order valence-corrected chi connectivity index (χ3v) is 5.55. The van der Waals surface area contributed by atoms with Crippen molar-refractivity contribution in [2.24, 2.45) is 0 Å². The SMILES string of the molecule is C[Si](C)(C)CCSc1ccnc(Cl)c1C#N. The van der Waals surface area contributed by atoms with E-state index in [1.807, 2.05) is 6.07 Å². The van der Waals surface area contributed by atoms with Gasteiger partial charge in [0.15, 0.2) is 0 Å². The number of thioether (sulfide) groups is 1. The highest BCUT2D eigenvalue weighted by Crippen LogP contribution is 2.28. The maximum Gasteiger partial charge on any atom is 0.147 e. The summed E-state index contributed by atoms with van der Waals surface area (Å²) < 4.78 is 0. The third-order valence-electron chi connectivity index (χ3n) is 2.09. The summed E-state index contributed by atoms with van der Waals surface area (Å²) in [6, 6.07) is 5.21. The van der Waals surface area contributed by atoms with E-state index in [0.29, 0.717) is 10.7 Å². The second-order valence-electron chi connectivity index (χ2n) is 4.75. The first-order valence-electron chi connectivity index (χ1n) is 5.11. The van der Waals surface area contributed by atoms with Crippen molar-refractivity contribution in [3.63, 3.8) is 0 Å². The Hall–Kier alpha value is -0.503. The first-order chi connectivity index (χ1) is 7.44. The van der Waals surface area contributed by atoms with Crippen molar-refractivity contribution in [3.8, 4) is 6.07 Å². The molecule has 2 nitrogen and oxygen atoms in total. The summed E-state index contributed by atoms with van der Waals surface area (Å²) in [4.78, 5) is 4.85. The van der Waals surface area contributed by atoms with Crippen LogP contribution in [0.5, 0.6) is 0 Å². The second kappa shape index (κ2) is 5.71. The predicted octanol–water partition coefficient (Wildman–Crippen LogP) is 4.04. The normalized spacial score (nSPS) is 11.2. The van der Waals surface area contributed by atoms with E-state index in [-0.39, 0.29) is 0 Å². The number of halogens is 1. The standard InChI is InChI=1S/C11H15ClN2SSi/c1-16(2,3)7-6-15-10-4-5-14-11(12)9(10)8-13/h4-5H,6-7H2,1-3H3. The van der Waals surface area contributed by atoms with Crippen molar-refractivity contribution < 1.29 is 0 Å². The van der Waals surface area contributed by atoms with Crippen LogP contribution in [-0.2, 0) is 0 Å². The molecular weight excluding hydrogens is 256 g/mol. The van der Waals surface area contributed by atoms with Gasteiger partial charge in [-0.3, -0.25) is 0 Å². The molecule has 0 atom stereocenters. The van der Waals surface area contributed by atoms with Gasteiger partial charge in [0, 0.05) is 19.2 Å². The molecule has 1 aromatic rings. The Morgan fingerprint density at radius 3 is 2.75 bits per heavy atom. The van der Waals surface area contributed by atoms with E-state index in [9.17, 15) is 0 Å². The molecule has 0 aliphatic carbocycles. The quantitative estimate of drug-likeness (QED) is 0.471. The van der Waals surface area contributed by atoms with Crippen LogP contribution in [0.1, 0.15) is 5.56 Å². The number of pyridine rings is 1. The molecule has 0 N–H and O–H groups in total. The summed E-state index contributed by atoms with van der Waals surface area (Å²) >= 11 is 7.56. The molecule has 86 valence electrons. The van der Waals surface area contributed by atoms with Gasteiger partial charge in [0.1, 0.15) is 16.8 Å². The molecule has 0 aliphatic heterocycles. The number of rotatable bonds is 4. The van der Waals surface area contributed by atoms with Crippen LogP contribution in [0.2, 0.25) is 30.8 Å². The van der Waals surface area contributed by atoms with Gasteiger partial charge in [0.25, 0.3) is 0 Å². The fraction of sp³-hybridized carbons (Fsp3) is 0.455. The van der Waals surface area contributed by atoms with Crippen molar-refractivity contribution in [3.05, 3.63) is 23.0 Å². The highest BCUT2D eigenvalue weighted by molar-refractivity contribution is 7.99. The van der Waals surface area contributed by atoms with Gasteiger partial charge in [0.05, 0.1) is 0 Å². The van der Waals surface area contributed by atoms with E-state index in [1.165, 1.54) is 6.04 Å². The van der Waals surface area contributed by atoms with Crippen LogP contribution in [-0.4, -0.2) is 18.8 Å². The van der Waals surface area contributed by atoms with Gasteiger partial charge in [-0.25, -0.2) is 4.98 Å². The average molecular weight is 271 g/mol. The molecule has 5 heteroatoms. The molecule has 0 amide bonds. The highest BCUT2D eigenvalue weighted by atomic mass is 35.5. The molecule has 1 heterocycles. The fourth-order valence-corrected chi connectivity index (χ4v) is 4.89. The lowest BCUT2D eigenvalue weighted by molar-refractivity contribution is 1.22. The van der Waals surface area contributed by atoms with Crippen molar-refractivity contribution in [1.29, 1.82) is 5.26 Å². The second-order valence-corrected chi connectivity index (χ2v) is 11.9. The molecule has 0 radical (unpaired) electrons. The molecule has 0 aromatic carbocycles. The lowest BCUT2D eigenvalue weighted by Crippen LogP contribution is -2.19. The van der Waals surface area contributed by atoms with Gasteiger partial charge in [0.2, 0.25) is 0 Å². The number of nitriles is 1. The summed E-state index contributed by atoms with van der Waals surface area (Å²) in [5, 5.41) is 9.29. The summed E-state index contributed by atoms with van der Waals surface area (Å²) in [7, 11) is -1.00. The molecule has 0 spiro atoms. The Morgan fingerprint density at radius 1 is 1.50 bits per heavy atom. The van der Waals surface area contributed by atoms with E-state index in [4.69, 9.17) is 16.9 Å². The summed E-state index contributed by atoms with van der Waals surface area (Å²) in [6.45, 7) is 7.04. The smallest absolute Gasteiger partial charge is 0.147 e. The molecule has 0 saturated carbocycles. The molecule has 0 fully saturated rings. The molecule has 1 aromatic heterocycles. The van der Waals surface area contributed by atoms with Gasteiger partial charge < -0.3 is 0 Å². The zero-order chi connectivity index (χ0) is 12.2. The number of nitrogens with zero attached hydrogens (tertiary/aromatic N) is 2. The Kier molecular flexibility index (Phi) is 4.84. The van der Waals surface area contributed by atoms with Gasteiger partial charge >= 0.3 is 0 Å². The van der Waals surface area contributed by atoms with Crippen LogP contribution in [0.3, 0.4) is 0 Å². The molecule has 1 rings (SSSR count). The van der Waals surface area contributed by atoms with Crippen LogP contribution in [0.15, 0.2) is 17.2 Å². The monoisotopic (exact) mass is 270 g/mol. The van der Waals surface area contributed by atoms with Crippen molar-refractivity contribution in [2.75, 3.05) is 5.75 Å². The number of aromatic nitrogens is 1. The zero-order valence-corrected chi connectivity index (χ0v) is 12.3. The lowest BCUT2D eigenvalue weighted by Gasteiger charge is -2.15. The summed E-state index contributed by atoms with van der Waals surface area (Å²) in [5.41, 5.74) is 0.504. The zero-order valence-electron chi connectivity index (χ0n) is 9.75. The van der Waals surface area contributed by atoms with Crippen molar-refractivity contribution >= 4 is 31.4 Å². The average Bonchev–Trinajstić information content (AvgIpc) is 2.16. The summed E-state index contributed by atoms with van der Waals surface area (Å²) in [6.07, 6.45) is 1.65. The van der Waals surface area contributed by atoms with Crippen LogP contribution in [0.25, 0.3) is 0 Å². The van der Waals surface area contributed by atoms with Crippen molar-refractivity contribution in [1.82, 2.24) is 4.98 Å². The van der Waals surface area contributed by atoms with Crippen LogP contribution >= 0.6 is 23.4 Å². The Labute approximate surface area is 107 Å². The van der Waals surface area contributed by atoms with Crippen LogP contribution < -0.4 is 0 Å². The van der Waals surface area contributed by atoms with Gasteiger partial charge in [-0.2, -0.15) is 5.26 Å². The van der Waals surface area contributed by atoms with E-state index in [1.54, 1.807) is 18.0 Å². The number of hydrogen-bond donors (Lipinski definition) is 0. The molecule has 0 saturated heterocycles. The van der Waals surface area contributed by atoms with E-state index in [2.05, 4.69) is 30.7 Å². The molecule has 0 unspecified atom stereocenters. The van der Waals surface area contributed by atoms with Gasteiger partial charge in [-0.15, -0.1) is 11.8 Å². The third kappa shape index (κ3) is 4.16. The van der Waals surface area contributed by atoms with Crippen molar-refractivity contribution in [2.45, 2.75) is 30.6 Å². The Morgan fingerprint density at radius 2 is 2.19 bits per heavy atom. The minimum atomic E-state index is -1.00. The lowest BCUT2D eigenvalue weighted by atomic mass is 10.3. The van der Waals surface area contributed by atoms with Gasteiger partial charge in [-0.1, -0.05) is 31.2 Å². The van der Waals surface area contributed by atoms with Crippen LogP contribution in [0.4, 0.5) is 0 Å². The highest BCUT2D eigenvalue weighted by Gasteiger charge is 2.14. The minimum absolute atomic E-state index is 0.306. The van der Waals surface area contributed by atoms with E-state index in [0.717, 1.165) is 10.6 Å². The first-order valence-corrected chi connectivity index (χ1v) is 10.2. The van der Waals surface area contributed by atoms with E-state index >= 15 is 0 Å². The maximum absolute atomic E-state index is 8.98. The molecule has 0 bridgehead atoms. The minimum Gasteiger partial charge on any atom is -0.243 e. The molecule has 0 aliphatic rings.